The Morgan fingerprint density at radius 3 is 2.81 bits per heavy atom. The van der Waals surface area contributed by atoms with Gasteiger partial charge in [-0.05, 0) is 20.0 Å². The van der Waals surface area contributed by atoms with E-state index in [1.54, 1.807) is 6.92 Å². The molecular weight excluding hydrogens is 220 g/mol. The Kier molecular flexibility index (Phi) is 5.63. The number of Topliss-reactive ketones (excluding diaryl/α,β-unsaturated/α-hetero) is 1. The molecule has 1 heterocycles. The number of carbonyl (C=O) groups is 1. The van der Waals surface area contributed by atoms with E-state index < -0.39 is 0 Å². The maximum atomic E-state index is 11.1. The van der Waals surface area contributed by atoms with Crippen molar-refractivity contribution in [2.45, 2.75) is 39.7 Å². The van der Waals surface area contributed by atoms with Crippen molar-refractivity contribution in [1.82, 2.24) is 9.88 Å². The number of thiazole rings is 1. The summed E-state index contributed by atoms with van der Waals surface area (Å²) >= 11 is 1.51. The van der Waals surface area contributed by atoms with Gasteiger partial charge in [0.25, 0.3) is 0 Å². The second-order valence-electron chi connectivity index (χ2n) is 4.13. The molecule has 0 fully saturated rings. The fraction of sp³-hybridized carbons (Fsp3) is 0.667. The molecule has 0 aliphatic heterocycles. The molecule has 4 heteroatoms. The summed E-state index contributed by atoms with van der Waals surface area (Å²) in [7, 11) is 2.11. The van der Waals surface area contributed by atoms with Gasteiger partial charge in [0.15, 0.2) is 10.8 Å². The lowest BCUT2D eigenvalue weighted by atomic mass is 10.2. The molecule has 90 valence electrons. The van der Waals surface area contributed by atoms with Gasteiger partial charge < -0.3 is 4.90 Å². The molecule has 0 N–H and O–H groups in total. The van der Waals surface area contributed by atoms with Gasteiger partial charge in [-0.1, -0.05) is 19.8 Å². The maximum absolute atomic E-state index is 11.1. The maximum Gasteiger partial charge on any atom is 0.188 e. The number of ketones is 1. The summed E-state index contributed by atoms with van der Waals surface area (Å²) in [6, 6.07) is 0. The highest BCUT2D eigenvalue weighted by Crippen LogP contribution is 2.15. The van der Waals surface area contributed by atoms with Crippen molar-refractivity contribution in [1.29, 1.82) is 0 Å². The molecule has 0 bridgehead atoms. The second kappa shape index (κ2) is 6.76. The van der Waals surface area contributed by atoms with E-state index >= 15 is 0 Å². The highest BCUT2D eigenvalue weighted by Gasteiger charge is 2.07. The number of carbonyl (C=O) groups excluding carboxylic acids is 1. The van der Waals surface area contributed by atoms with Crippen molar-refractivity contribution < 1.29 is 4.79 Å². The van der Waals surface area contributed by atoms with Gasteiger partial charge in [0.1, 0.15) is 0 Å². The van der Waals surface area contributed by atoms with Crippen LogP contribution in [0.4, 0.5) is 0 Å². The predicted molar refractivity (Wildman–Crippen MR) is 68.0 cm³/mol. The Labute approximate surface area is 101 Å². The Morgan fingerprint density at radius 1 is 1.50 bits per heavy atom. The lowest BCUT2D eigenvalue weighted by molar-refractivity contribution is 0.101. The summed E-state index contributed by atoms with van der Waals surface area (Å²) in [5.74, 6) is 0.0601. The smallest absolute Gasteiger partial charge is 0.188 e. The van der Waals surface area contributed by atoms with E-state index in [0.717, 1.165) is 13.1 Å². The minimum atomic E-state index is 0.0601. The zero-order valence-electron chi connectivity index (χ0n) is 10.3. The molecule has 0 unspecified atom stereocenters. The van der Waals surface area contributed by atoms with Gasteiger partial charge in [-0.3, -0.25) is 4.79 Å². The number of unbranched alkanes of at least 4 members (excludes halogenated alkanes) is 2. The van der Waals surface area contributed by atoms with Crippen LogP contribution in [0.15, 0.2) is 6.20 Å². The quantitative estimate of drug-likeness (QED) is 0.542. The molecule has 0 amide bonds. The third-order valence-electron chi connectivity index (χ3n) is 2.42. The van der Waals surface area contributed by atoms with Gasteiger partial charge in [0, 0.05) is 24.5 Å². The molecule has 0 radical (unpaired) electrons. The van der Waals surface area contributed by atoms with Gasteiger partial charge >= 0.3 is 0 Å². The zero-order chi connectivity index (χ0) is 12.0. The summed E-state index contributed by atoms with van der Waals surface area (Å²) in [5, 5.41) is 0.622. The highest BCUT2D eigenvalue weighted by molar-refractivity contribution is 7.13. The average Bonchev–Trinajstić information content (AvgIpc) is 2.66. The topological polar surface area (TPSA) is 33.2 Å². The lowest BCUT2D eigenvalue weighted by Crippen LogP contribution is -2.18. The van der Waals surface area contributed by atoms with Gasteiger partial charge in [-0.25, -0.2) is 4.98 Å². The van der Waals surface area contributed by atoms with E-state index in [-0.39, 0.29) is 5.78 Å². The van der Waals surface area contributed by atoms with Crippen molar-refractivity contribution in [3.05, 3.63) is 16.1 Å². The van der Waals surface area contributed by atoms with Gasteiger partial charge in [0.05, 0.1) is 0 Å². The predicted octanol–water partition coefficient (Wildman–Crippen LogP) is 2.97. The van der Waals surface area contributed by atoms with Crippen LogP contribution in [0, 0.1) is 0 Å². The molecule has 0 saturated heterocycles. The molecule has 16 heavy (non-hydrogen) atoms. The number of aromatic nitrogens is 1. The van der Waals surface area contributed by atoms with Crippen LogP contribution in [0.25, 0.3) is 0 Å². The lowest BCUT2D eigenvalue weighted by Gasteiger charge is -2.14. The minimum absolute atomic E-state index is 0.0601. The first-order chi connectivity index (χ1) is 7.63. The average molecular weight is 240 g/mol. The summed E-state index contributed by atoms with van der Waals surface area (Å²) < 4.78 is 0. The van der Waals surface area contributed by atoms with E-state index in [0.29, 0.717) is 5.01 Å². The molecule has 0 aliphatic carbocycles. The van der Waals surface area contributed by atoms with Crippen molar-refractivity contribution >= 4 is 17.1 Å². The zero-order valence-corrected chi connectivity index (χ0v) is 11.1. The van der Waals surface area contributed by atoms with Gasteiger partial charge in [-0.15, -0.1) is 11.3 Å². The van der Waals surface area contributed by atoms with Crippen molar-refractivity contribution in [2.24, 2.45) is 0 Å². The van der Waals surface area contributed by atoms with Crippen LogP contribution in [-0.2, 0) is 6.54 Å². The third-order valence-corrected chi connectivity index (χ3v) is 3.51. The summed E-state index contributed by atoms with van der Waals surface area (Å²) in [5.41, 5.74) is 0. The van der Waals surface area contributed by atoms with Crippen molar-refractivity contribution in [2.75, 3.05) is 13.6 Å². The van der Waals surface area contributed by atoms with Crippen molar-refractivity contribution in [3.8, 4) is 0 Å². The molecule has 0 spiro atoms. The molecule has 1 aromatic rings. The van der Waals surface area contributed by atoms with E-state index in [2.05, 4.69) is 23.9 Å². The summed E-state index contributed by atoms with van der Waals surface area (Å²) in [6.45, 7) is 5.78. The molecule has 0 saturated carbocycles. The number of hydrogen-bond donors (Lipinski definition) is 0. The minimum Gasteiger partial charge on any atom is -0.301 e. The Balaban J connectivity index is 2.37. The van der Waals surface area contributed by atoms with Gasteiger partial charge in [0.2, 0.25) is 0 Å². The third kappa shape index (κ3) is 4.41. The molecule has 0 aliphatic rings. The Bertz CT molecular complexity index is 336. The molecule has 0 atom stereocenters. The fourth-order valence-corrected chi connectivity index (χ4v) is 2.41. The monoisotopic (exact) mass is 240 g/mol. The first-order valence-electron chi connectivity index (χ1n) is 5.77. The molecule has 1 aromatic heterocycles. The Morgan fingerprint density at radius 2 is 2.25 bits per heavy atom. The van der Waals surface area contributed by atoms with Crippen LogP contribution < -0.4 is 0 Å². The van der Waals surface area contributed by atoms with Gasteiger partial charge in [-0.2, -0.15) is 0 Å². The van der Waals surface area contributed by atoms with Crippen LogP contribution >= 0.6 is 11.3 Å². The fourth-order valence-electron chi connectivity index (χ4n) is 1.52. The second-order valence-corrected chi connectivity index (χ2v) is 5.25. The number of rotatable bonds is 7. The van der Waals surface area contributed by atoms with Crippen LogP contribution in [0.5, 0.6) is 0 Å². The Hall–Kier alpha value is -0.740. The molecular formula is C12H20N2OS. The van der Waals surface area contributed by atoms with Crippen LogP contribution in [0.2, 0.25) is 0 Å². The SMILES string of the molecule is CCCCCN(C)Cc1cnc(C(C)=O)s1. The van der Waals surface area contributed by atoms with E-state index in [1.807, 2.05) is 6.20 Å². The van der Waals surface area contributed by atoms with E-state index in [4.69, 9.17) is 0 Å². The standard InChI is InChI=1S/C12H20N2OS/c1-4-5-6-7-14(3)9-11-8-13-12(16-11)10(2)15/h8H,4-7,9H2,1-3H3. The normalized spacial score (nSPS) is 11.0. The first-order valence-corrected chi connectivity index (χ1v) is 6.59. The number of nitrogens with zero attached hydrogens (tertiary/aromatic N) is 2. The van der Waals surface area contributed by atoms with Crippen LogP contribution in [-0.4, -0.2) is 29.3 Å². The number of hydrogen-bond acceptors (Lipinski definition) is 4. The first kappa shape index (κ1) is 13.3. The highest BCUT2D eigenvalue weighted by atomic mass is 32.1. The molecule has 0 aromatic carbocycles. The van der Waals surface area contributed by atoms with Crippen LogP contribution in [0.3, 0.4) is 0 Å². The van der Waals surface area contributed by atoms with E-state index in [9.17, 15) is 4.79 Å². The van der Waals surface area contributed by atoms with Crippen LogP contribution in [0.1, 0.15) is 47.8 Å². The van der Waals surface area contributed by atoms with E-state index in [1.165, 1.54) is 35.5 Å². The summed E-state index contributed by atoms with van der Waals surface area (Å²) in [4.78, 5) is 18.7. The molecule has 3 nitrogen and oxygen atoms in total. The summed E-state index contributed by atoms with van der Waals surface area (Å²) in [6.07, 6.45) is 5.59. The van der Waals surface area contributed by atoms with Crippen molar-refractivity contribution in [3.63, 3.8) is 0 Å². The molecule has 1 rings (SSSR count). The largest absolute Gasteiger partial charge is 0.301 e.